The van der Waals surface area contributed by atoms with Gasteiger partial charge >= 0.3 is 0 Å². The van der Waals surface area contributed by atoms with Gasteiger partial charge in [-0.05, 0) is 43.3 Å². The molecule has 2 aliphatic rings. The number of aromatic nitrogens is 2. The highest BCUT2D eigenvalue weighted by Gasteiger charge is 2.38. The van der Waals surface area contributed by atoms with Crippen LogP contribution in [0.15, 0.2) is 30.3 Å². The first-order chi connectivity index (χ1) is 11.7. The van der Waals surface area contributed by atoms with Crippen molar-refractivity contribution in [1.29, 1.82) is 0 Å². The van der Waals surface area contributed by atoms with Gasteiger partial charge in [-0.15, -0.1) is 5.10 Å². The molecule has 0 bridgehead atoms. The van der Waals surface area contributed by atoms with Gasteiger partial charge in [0, 0.05) is 31.7 Å². The Morgan fingerprint density at radius 2 is 2.04 bits per heavy atom. The van der Waals surface area contributed by atoms with Gasteiger partial charge in [0.1, 0.15) is 4.88 Å². The number of nitrogens with zero attached hydrogens (tertiary/aromatic N) is 4. The van der Waals surface area contributed by atoms with E-state index in [4.69, 9.17) is 0 Å². The third-order valence-electron chi connectivity index (χ3n) is 5.00. The van der Waals surface area contributed by atoms with Gasteiger partial charge in [0.25, 0.3) is 5.91 Å². The van der Waals surface area contributed by atoms with E-state index >= 15 is 0 Å². The summed E-state index contributed by atoms with van der Waals surface area (Å²) >= 11 is 1.21. The Kier molecular flexibility index (Phi) is 4.33. The highest BCUT2D eigenvalue weighted by Crippen LogP contribution is 2.30. The summed E-state index contributed by atoms with van der Waals surface area (Å²) in [6.45, 7) is 4.61. The van der Waals surface area contributed by atoms with E-state index in [1.54, 1.807) is 0 Å². The molecule has 24 heavy (non-hydrogen) atoms. The minimum absolute atomic E-state index is 0.0962. The maximum Gasteiger partial charge on any atom is 0.267 e. The fourth-order valence-corrected chi connectivity index (χ4v) is 4.15. The summed E-state index contributed by atoms with van der Waals surface area (Å²) in [4.78, 5) is 18.3. The summed E-state index contributed by atoms with van der Waals surface area (Å²) in [7, 11) is 0. The highest BCUT2D eigenvalue weighted by atomic mass is 32.1. The Morgan fingerprint density at radius 3 is 2.71 bits per heavy atom. The Morgan fingerprint density at radius 1 is 1.25 bits per heavy atom. The summed E-state index contributed by atoms with van der Waals surface area (Å²) < 4.78 is 3.93. The number of piperazine rings is 1. The number of benzene rings is 1. The molecule has 0 radical (unpaired) electrons. The normalized spacial score (nSPS) is 21.9. The molecule has 0 spiro atoms. The molecule has 1 aromatic carbocycles. The monoisotopic (exact) mass is 342 g/mol. The number of aryl methyl sites for hydroxylation is 1. The van der Waals surface area contributed by atoms with Crippen LogP contribution in [0.25, 0.3) is 0 Å². The topological polar surface area (TPSA) is 49.3 Å². The number of carbonyl (C=O) groups is 1. The Hall–Kier alpha value is -1.79. The predicted octanol–water partition coefficient (Wildman–Crippen LogP) is 2.38. The maximum atomic E-state index is 13.0. The van der Waals surface area contributed by atoms with Crippen LogP contribution in [0.3, 0.4) is 0 Å². The average Bonchev–Trinajstić information content (AvgIpc) is 3.37. The summed E-state index contributed by atoms with van der Waals surface area (Å²) in [6.07, 6.45) is 3.52. The fraction of sp³-hybridized carbons (Fsp3) is 0.500. The molecular formula is C18H22N4OS. The lowest BCUT2D eigenvalue weighted by atomic mass is 10.0. The molecule has 1 aliphatic heterocycles. The summed E-state index contributed by atoms with van der Waals surface area (Å²) in [5.74, 6) is 0.0962. The first-order valence-electron chi connectivity index (χ1n) is 8.60. The van der Waals surface area contributed by atoms with Gasteiger partial charge < -0.3 is 4.90 Å². The number of carbonyl (C=O) groups excluding carboxylic acids is 1. The van der Waals surface area contributed by atoms with E-state index in [0.717, 1.165) is 37.8 Å². The minimum atomic E-state index is 0.0962. The largest absolute Gasteiger partial charge is 0.332 e. The van der Waals surface area contributed by atoms with E-state index in [0.29, 0.717) is 4.88 Å². The Labute approximate surface area is 146 Å². The van der Waals surface area contributed by atoms with Crippen LogP contribution < -0.4 is 0 Å². The summed E-state index contributed by atoms with van der Waals surface area (Å²) in [5.41, 5.74) is 2.03. The lowest BCUT2D eigenvalue weighted by Crippen LogP contribution is -2.56. The molecule has 2 aromatic rings. The van der Waals surface area contributed by atoms with E-state index in [1.807, 2.05) is 17.9 Å². The minimum Gasteiger partial charge on any atom is -0.332 e. The Bertz CT molecular complexity index is 713. The van der Waals surface area contributed by atoms with Crippen molar-refractivity contribution in [2.75, 3.05) is 19.6 Å². The molecule has 1 saturated carbocycles. The highest BCUT2D eigenvalue weighted by molar-refractivity contribution is 7.07. The zero-order valence-electron chi connectivity index (χ0n) is 13.9. The zero-order chi connectivity index (χ0) is 16.5. The molecule has 4 rings (SSSR count). The van der Waals surface area contributed by atoms with E-state index in [9.17, 15) is 4.79 Å². The fourth-order valence-electron chi connectivity index (χ4n) is 3.54. The molecule has 1 unspecified atom stereocenters. The third kappa shape index (κ3) is 3.21. The molecule has 5 nitrogen and oxygen atoms in total. The van der Waals surface area contributed by atoms with E-state index in [-0.39, 0.29) is 11.9 Å². The van der Waals surface area contributed by atoms with Gasteiger partial charge in [-0.1, -0.05) is 34.8 Å². The molecule has 1 aromatic heterocycles. The predicted molar refractivity (Wildman–Crippen MR) is 94.2 cm³/mol. The van der Waals surface area contributed by atoms with Crippen molar-refractivity contribution in [3.8, 4) is 0 Å². The maximum absolute atomic E-state index is 13.0. The van der Waals surface area contributed by atoms with Crippen molar-refractivity contribution in [2.45, 2.75) is 38.3 Å². The summed E-state index contributed by atoms with van der Waals surface area (Å²) in [5, 5.41) is 4.01. The number of hydrogen-bond donors (Lipinski definition) is 0. The van der Waals surface area contributed by atoms with Crippen molar-refractivity contribution in [3.05, 3.63) is 46.5 Å². The van der Waals surface area contributed by atoms with E-state index in [1.165, 1.54) is 29.9 Å². The van der Waals surface area contributed by atoms with Crippen molar-refractivity contribution in [1.82, 2.24) is 19.4 Å². The molecule has 126 valence electrons. The van der Waals surface area contributed by atoms with Gasteiger partial charge in [0.2, 0.25) is 0 Å². The summed E-state index contributed by atoms with van der Waals surface area (Å²) in [6, 6.07) is 11.4. The van der Waals surface area contributed by atoms with Crippen molar-refractivity contribution < 1.29 is 4.79 Å². The first-order valence-corrected chi connectivity index (χ1v) is 9.37. The van der Waals surface area contributed by atoms with Gasteiger partial charge in [0.15, 0.2) is 0 Å². The van der Waals surface area contributed by atoms with Crippen LogP contribution in [0.5, 0.6) is 0 Å². The quantitative estimate of drug-likeness (QED) is 0.856. The van der Waals surface area contributed by atoms with Crippen LogP contribution in [0, 0.1) is 6.92 Å². The number of amides is 1. The van der Waals surface area contributed by atoms with E-state index < -0.39 is 0 Å². The van der Waals surface area contributed by atoms with Crippen molar-refractivity contribution in [3.63, 3.8) is 0 Å². The SMILES string of the molecule is Cc1nnsc1C(=O)N1CCN(C2CC2)CC1Cc1ccccc1. The molecule has 2 fully saturated rings. The zero-order valence-corrected chi connectivity index (χ0v) is 14.7. The molecule has 1 aliphatic carbocycles. The lowest BCUT2D eigenvalue weighted by Gasteiger charge is -2.41. The van der Waals surface area contributed by atoms with Crippen molar-refractivity contribution in [2.24, 2.45) is 0 Å². The van der Waals surface area contributed by atoms with Crippen LogP contribution in [0.4, 0.5) is 0 Å². The second-order valence-corrected chi connectivity index (χ2v) is 7.51. The standard InChI is InChI=1S/C18H22N4OS/c1-13-17(24-20-19-13)18(23)22-10-9-21(15-7-8-15)12-16(22)11-14-5-3-2-4-6-14/h2-6,15-16H,7-12H2,1H3. The molecule has 1 amide bonds. The molecule has 6 heteroatoms. The smallest absolute Gasteiger partial charge is 0.267 e. The third-order valence-corrected chi connectivity index (χ3v) is 5.81. The van der Waals surface area contributed by atoms with Gasteiger partial charge in [-0.2, -0.15) is 0 Å². The van der Waals surface area contributed by atoms with Crippen LogP contribution in [-0.2, 0) is 6.42 Å². The molecule has 1 saturated heterocycles. The molecular weight excluding hydrogens is 320 g/mol. The van der Waals surface area contributed by atoms with Gasteiger partial charge in [-0.25, -0.2) is 0 Å². The van der Waals surface area contributed by atoms with Gasteiger partial charge in [0.05, 0.1) is 5.69 Å². The average molecular weight is 342 g/mol. The van der Waals surface area contributed by atoms with Crippen molar-refractivity contribution >= 4 is 17.4 Å². The van der Waals surface area contributed by atoms with Crippen LogP contribution in [-0.4, -0.2) is 57.0 Å². The number of rotatable bonds is 4. The number of hydrogen-bond acceptors (Lipinski definition) is 5. The van der Waals surface area contributed by atoms with Crippen LogP contribution in [0.2, 0.25) is 0 Å². The lowest BCUT2D eigenvalue weighted by molar-refractivity contribution is 0.0441. The first kappa shape index (κ1) is 15.7. The van der Waals surface area contributed by atoms with Crippen LogP contribution in [0.1, 0.15) is 33.8 Å². The van der Waals surface area contributed by atoms with Crippen LogP contribution >= 0.6 is 11.5 Å². The molecule has 2 heterocycles. The van der Waals surface area contributed by atoms with Gasteiger partial charge in [-0.3, -0.25) is 9.69 Å². The second-order valence-electron chi connectivity index (χ2n) is 6.76. The molecule has 1 atom stereocenters. The Balaban J connectivity index is 1.56. The molecule has 0 N–H and O–H groups in total. The van der Waals surface area contributed by atoms with E-state index in [2.05, 4.69) is 38.8 Å². The second kappa shape index (κ2) is 6.61.